The quantitative estimate of drug-likeness (QED) is 0.882. The first-order valence-corrected chi connectivity index (χ1v) is 8.58. The lowest BCUT2D eigenvalue weighted by Gasteiger charge is -2.35. The number of halogens is 2. The third-order valence-electron chi connectivity index (χ3n) is 4.16. The lowest BCUT2D eigenvalue weighted by molar-refractivity contribution is -0.0165. The molecule has 126 valence electrons. The second kappa shape index (κ2) is 7.71. The van der Waals surface area contributed by atoms with Crippen LogP contribution in [0.25, 0.3) is 0 Å². The molecule has 2 heterocycles. The summed E-state index contributed by atoms with van der Waals surface area (Å²) >= 11 is 12.1. The number of ether oxygens (including phenoxy) is 2. The molecule has 23 heavy (non-hydrogen) atoms. The molecule has 0 bridgehead atoms. The van der Waals surface area contributed by atoms with Gasteiger partial charge in [-0.15, -0.1) is 0 Å². The van der Waals surface area contributed by atoms with Gasteiger partial charge in [-0.25, -0.2) is 4.79 Å². The van der Waals surface area contributed by atoms with Crippen LogP contribution in [0.2, 0.25) is 10.0 Å². The van der Waals surface area contributed by atoms with Gasteiger partial charge in [-0.05, 0) is 36.6 Å². The van der Waals surface area contributed by atoms with Crippen molar-refractivity contribution in [3.63, 3.8) is 0 Å². The maximum absolute atomic E-state index is 12.4. The zero-order valence-corrected chi connectivity index (χ0v) is 14.3. The highest BCUT2D eigenvalue weighted by Gasteiger charge is 2.27. The molecule has 0 unspecified atom stereocenters. The van der Waals surface area contributed by atoms with Crippen molar-refractivity contribution >= 4 is 29.2 Å². The largest absolute Gasteiger partial charge is 0.381 e. The summed E-state index contributed by atoms with van der Waals surface area (Å²) in [5.74, 6) is 0. The molecule has 2 saturated heterocycles. The minimum absolute atomic E-state index is 0.0432. The Kier molecular flexibility index (Phi) is 5.64. The molecule has 0 saturated carbocycles. The van der Waals surface area contributed by atoms with E-state index in [4.69, 9.17) is 32.7 Å². The molecule has 0 aromatic heterocycles. The summed E-state index contributed by atoms with van der Waals surface area (Å²) in [5.41, 5.74) is 0.895. The zero-order valence-electron chi connectivity index (χ0n) is 12.8. The van der Waals surface area contributed by atoms with Gasteiger partial charge >= 0.3 is 6.03 Å². The number of hydrogen-bond acceptors (Lipinski definition) is 3. The fraction of sp³-hybridized carbons (Fsp3) is 0.562. The number of urea groups is 1. The van der Waals surface area contributed by atoms with Gasteiger partial charge < -0.3 is 19.7 Å². The Morgan fingerprint density at radius 2 is 1.83 bits per heavy atom. The van der Waals surface area contributed by atoms with E-state index in [1.165, 1.54) is 0 Å². The normalized spacial score (nSPS) is 22.9. The fourth-order valence-corrected chi connectivity index (χ4v) is 3.45. The molecule has 2 aliphatic rings. The Bertz CT molecular complexity index is 544. The van der Waals surface area contributed by atoms with Crippen LogP contribution in [-0.4, -0.2) is 49.9 Å². The highest BCUT2D eigenvalue weighted by molar-refractivity contribution is 6.34. The van der Waals surface area contributed by atoms with Gasteiger partial charge in [-0.3, -0.25) is 0 Å². The van der Waals surface area contributed by atoms with E-state index in [1.54, 1.807) is 11.0 Å². The van der Waals surface area contributed by atoms with Crippen molar-refractivity contribution in [2.75, 3.05) is 32.9 Å². The van der Waals surface area contributed by atoms with Crippen LogP contribution in [0.15, 0.2) is 18.2 Å². The Balaban J connectivity index is 1.62. The van der Waals surface area contributed by atoms with Crippen LogP contribution in [0, 0.1) is 0 Å². The molecule has 2 fully saturated rings. The first-order valence-electron chi connectivity index (χ1n) is 7.82. The smallest absolute Gasteiger partial charge is 0.317 e. The van der Waals surface area contributed by atoms with Crippen molar-refractivity contribution in [2.24, 2.45) is 0 Å². The highest BCUT2D eigenvalue weighted by Crippen LogP contribution is 2.28. The van der Waals surface area contributed by atoms with Crippen molar-refractivity contribution in [2.45, 2.75) is 25.0 Å². The van der Waals surface area contributed by atoms with Crippen LogP contribution in [0.1, 0.15) is 24.5 Å². The van der Waals surface area contributed by atoms with Crippen LogP contribution >= 0.6 is 23.2 Å². The second-order valence-corrected chi connectivity index (χ2v) is 6.72. The van der Waals surface area contributed by atoms with E-state index in [2.05, 4.69) is 5.32 Å². The number of hydrogen-bond donors (Lipinski definition) is 1. The van der Waals surface area contributed by atoms with E-state index < -0.39 is 0 Å². The molecule has 5 nitrogen and oxygen atoms in total. The molecule has 2 amide bonds. The van der Waals surface area contributed by atoms with Crippen molar-refractivity contribution in [3.8, 4) is 0 Å². The molecule has 0 radical (unpaired) electrons. The average Bonchev–Trinajstić information content (AvgIpc) is 2.55. The number of nitrogens with one attached hydrogen (secondary N) is 1. The molecule has 2 aliphatic heterocycles. The number of morpholine rings is 1. The molecule has 7 heteroatoms. The minimum Gasteiger partial charge on any atom is -0.381 e. The topological polar surface area (TPSA) is 50.8 Å². The Morgan fingerprint density at radius 3 is 2.52 bits per heavy atom. The van der Waals surface area contributed by atoms with Crippen molar-refractivity contribution in [1.29, 1.82) is 0 Å². The van der Waals surface area contributed by atoms with E-state index in [1.807, 2.05) is 12.1 Å². The molecule has 1 atom stereocenters. The molecule has 0 aliphatic carbocycles. The molecule has 3 rings (SSSR count). The van der Waals surface area contributed by atoms with E-state index in [0.717, 1.165) is 18.4 Å². The Hall–Kier alpha value is -1.01. The van der Waals surface area contributed by atoms with E-state index in [-0.39, 0.29) is 18.2 Å². The first kappa shape index (κ1) is 16.8. The lowest BCUT2D eigenvalue weighted by Crippen LogP contribution is -2.50. The summed E-state index contributed by atoms with van der Waals surface area (Å²) in [5, 5.41) is 4.22. The van der Waals surface area contributed by atoms with Crippen molar-refractivity contribution < 1.29 is 14.3 Å². The van der Waals surface area contributed by atoms with Crippen LogP contribution in [0.5, 0.6) is 0 Å². The molecule has 0 spiro atoms. The molecule has 1 aromatic rings. The van der Waals surface area contributed by atoms with Gasteiger partial charge in [0.15, 0.2) is 0 Å². The number of carbonyl (C=O) groups is 1. The summed E-state index contributed by atoms with van der Waals surface area (Å²) in [6, 6.07) is 5.50. The summed E-state index contributed by atoms with van der Waals surface area (Å²) in [6.07, 6.45) is 1.52. The summed E-state index contributed by atoms with van der Waals surface area (Å²) in [4.78, 5) is 14.2. The predicted molar refractivity (Wildman–Crippen MR) is 89.1 cm³/mol. The van der Waals surface area contributed by atoms with E-state index >= 15 is 0 Å². The number of nitrogens with zero attached hydrogens (tertiary/aromatic N) is 1. The van der Waals surface area contributed by atoms with E-state index in [0.29, 0.717) is 43.0 Å². The van der Waals surface area contributed by atoms with Gasteiger partial charge in [-0.1, -0.05) is 23.2 Å². The van der Waals surface area contributed by atoms with E-state index in [9.17, 15) is 4.79 Å². The Morgan fingerprint density at radius 1 is 1.13 bits per heavy atom. The molecule has 1 aromatic carbocycles. The Labute approximate surface area is 145 Å². The molecular weight excluding hydrogens is 339 g/mol. The first-order chi connectivity index (χ1) is 11.1. The lowest BCUT2D eigenvalue weighted by atomic mass is 10.1. The monoisotopic (exact) mass is 358 g/mol. The average molecular weight is 359 g/mol. The summed E-state index contributed by atoms with van der Waals surface area (Å²) in [7, 11) is 0. The van der Waals surface area contributed by atoms with Crippen molar-refractivity contribution in [3.05, 3.63) is 33.8 Å². The van der Waals surface area contributed by atoms with Gasteiger partial charge in [0.1, 0.15) is 6.10 Å². The van der Waals surface area contributed by atoms with Gasteiger partial charge in [0.05, 0.1) is 13.2 Å². The maximum Gasteiger partial charge on any atom is 0.317 e. The predicted octanol–water partition coefficient (Wildman–Crippen LogP) is 3.26. The number of amides is 2. The summed E-state index contributed by atoms with van der Waals surface area (Å²) in [6.45, 7) is 2.98. The zero-order chi connectivity index (χ0) is 16.2. The third-order valence-corrected chi connectivity index (χ3v) is 4.60. The number of carbonyl (C=O) groups excluding carboxylic acids is 1. The van der Waals surface area contributed by atoms with Crippen molar-refractivity contribution in [1.82, 2.24) is 10.2 Å². The highest BCUT2D eigenvalue weighted by atomic mass is 35.5. The van der Waals surface area contributed by atoms with Gasteiger partial charge in [-0.2, -0.15) is 0 Å². The number of rotatable bonds is 2. The number of benzene rings is 1. The fourth-order valence-electron chi connectivity index (χ4n) is 2.90. The standard InChI is InChI=1S/C16H20Cl2N2O3/c17-12-7-11(8-13(18)9-12)15-10-20(3-6-23-15)16(21)19-14-1-4-22-5-2-14/h7-9,14-15H,1-6,10H2,(H,19,21)/t15-/m0/s1. The molecular formula is C16H20Cl2N2O3. The van der Waals surface area contributed by atoms with Gasteiger partial charge in [0.25, 0.3) is 0 Å². The minimum atomic E-state index is -0.208. The second-order valence-electron chi connectivity index (χ2n) is 5.84. The van der Waals surface area contributed by atoms with Crippen LogP contribution in [-0.2, 0) is 9.47 Å². The maximum atomic E-state index is 12.4. The summed E-state index contributed by atoms with van der Waals surface area (Å²) < 4.78 is 11.1. The SMILES string of the molecule is O=C(NC1CCOCC1)N1CCO[C@H](c2cc(Cl)cc(Cl)c2)C1. The van der Waals surface area contributed by atoms with Crippen LogP contribution < -0.4 is 5.32 Å². The van der Waals surface area contributed by atoms with Crippen LogP contribution in [0.4, 0.5) is 4.79 Å². The van der Waals surface area contributed by atoms with Gasteiger partial charge in [0.2, 0.25) is 0 Å². The van der Waals surface area contributed by atoms with Gasteiger partial charge in [0, 0.05) is 35.8 Å². The van der Waals surface area contributed by atoms with Crippen LogP contribution in [0.3, 0.4) is 0 Å². The third kappa shape index (κ3) is 4.51. The molecule has 1 N–H and O–H groups in total.